The largest absolute Gasteiger partial charge is 0.444 e. The second-order valence-corrected chi connectivity index (χ2v) is 9.09. The number of urea groups is 1. The number of hydrogen-bond donors (Lipinski definition) is 1. The Morgan fingerprint density at radius 3 is 2.15 bits per heavy atom. The Morgan fingerprint density at radius 2 is 1.61 bits per heavy atom. The molecule has 0 saturated carbocycles. The van der Waals surface area contributed by atoms with Gasteiger partial charge >= 0.3 is 12.1 Å². The van der Waals surface area contributed by atoms with Crippen LogP contribution < -0.4 is 5.32 Å². The number of nitrogens with one attached hydrogen (secondary N) is 1. The lowest BCUT2D eigenvalue weighted by Gasteiger charge is -2.37. The minimum absolute atomic E-state index is 0.0429. The van der Waals surface area contributed by atoms with Crippen molar-refractivity contribution in [1.29, 1.82) is 0 Å². The van der Waals surface area contributed by atoms with E-state index in [1.807, 2.05) is 0 Å². The first-order valence-electron chi connectivity index (χ1n) is 10.7. The highest BCUT2D eigenvalue weighted by Gasteiger charge is 2.30. The lowest BCUT2D eigenvalue weighted by Crippen LogP contribution is -2.49. The van der Waals surface area contributed by atoms with Gasteiger partial charge in [0.15, 0.2) is 0 Å². The molecule has 0 aromatic heterocycles. The number of anilines is 1. The van der Waals surface area contributed by atoms with E-state index in [0.717, 1.165) is 24.3 Å². The van der Waals surface area contributed by atoms with Gasteiger partial charge in [-0.2, -0.15) is 0 Å². The van der Waals surface area contributed by atoms with E-state index in [1.54, 1.807) is 32.7 Å². The number of rotatable bonds is 3. The van der Waals surface area contributed by atoms with Gasteiger partial charge in [-0.25, -0.2) is 22.8 Å². The van der Waals surface area contributed by atoms with Crippen molar-refractivity contribution in [2.24, 2.45) is 0 Å². The van der Waals surface area contributed by atoms with E-state index in [4.69, 9.17) is 4.74 Å². The Bertz CT molecular complexity index is 1010. The molecule has 0 spiro atoms. The van der Waals surface area contributed by atoms with Gasteiger partial charge in [-0.15, -0.1) is 0 Å². The first-order chi connectivity index (χ1) is 15.4. The van der Waals surface area contributed by atoms with Crippen LogP contribution >= 0.6 is 0 Å². The standard InChI is InChI=1S/C24H28F3N3O3/c1-24(2,3)33-23(32)30-9-7-19(8-10-30)29(4)22(31)28-21-6-5-15(13-20(21)27)16-11-17(25)14-18(26)12-16/h5-6,11-14,19H,7-10H2,1-4H3,(H,28,31). The molecule has 0 atom stereocenters. The van der Waals surface area contributed by atoms with Crippen LogP contribution in [0.3, 0.4) is 0 Å². The number of piperidine rings is 1. The molecule has 3 rings (SSSR count). The number of likely N-dealkylation sites (tertiary alicyclic amines) is 1. The van der Waals surface area contributed by atoms with Crippen LogP contribution in [0, 0.1) is 17.5 Å². The molecule has 1 heterocycles. The number of amides is 3. The molecular formula is C24H28F3N3O3. The van der Waals surface area contributed by atoms with E-state index in [1.165, 1.54) is 17.0 Å². The summed E-state index contributed by atoms with van der Waals surface area (Å²) in [5, 5.41) is 2.53. The van der Waals surface area contributed by atoms with Crippen LogP contribution in [0.15, 0.2) is 36.4 Å². The Morgan fingerprint density at radius 1 is 1.00 bits per heavy atom. The van der Waals surface area contributed by atoms with Crippen molar-refractivity contribution in [2.75, 3.05) is 25.5 Å². The fraction of sp³-hybridized carbons (Fsp3) is 0.417. The Balaban J connectivity index is 1.59. The number of hydrogen-bond acceptors (Lipinski definition) is 3. The highest BCUT2D eigenvalue weighted by molar-refractivity contribution is 5.90. The molecule has 0 radical (unpaired) electrons. The summed E-state index contributed by atoms with van der Waals surface area (Å²) in [4.78, 5) is 28.0. The van der Waals surface area contributed by atoms with Crippen molar-refractivity contribution in [2.45, 2.75) is 45.3 Å². The van der Waals surface area contributed by atoms with Crippen LogP contribution in [0.4, 0.5) is 28.4 Å². The number of halogens is 3. The average molecular weight is 464 g/mol. The summed E-state index contributed by atoms with van der Waals surface area (Å²) >= 11 is 0. The fourth-order valence-electron chi connectivity index (χ4n) is 3.65. The van der Waals surface area contributed by atoms with Gasteiger partial charge in [-0.05, 0) is 69.0 Å². The SMILES string of the molecule is CN(C(=O)Nc1ccc(-c2cc(F)cc(F)c2)cc1F)C1CCN(C(=O)OC(C)(C)C)CC1. The molecule has 1 aliphatic rings. The molecule has 1 saturated heterocycles. The molecule has 0 bridgehead atoms. The summed E-state index contributed by atoms with van der Waals surface area (Å²) in [6.45, 7) is 6.31. The van der Waals surface area contributed by atoms with Crippen molar-refractivity contribution in [3.05, 3.63) is 53.8 Å². The van der Waals surface area contributed by atoms with Crippen molar-refractivity contribution in [3.63, 3.8) is 0 Å². The molecule has 9 heteroatoms. The van der Waals surface area contributed by atoms with Gasteiger partial charge in [0.05, 0.1) is 5.69 Å². The third-order valence-electron chi connectivity index (χ3n) is 5.39. The van der Waals surface area contributed by atoms with Crippen LogP contribution in [-0.2, 0) is 4.74 Å². The topological polar surface area (TPSA) is 61.9 Å². The zero-order chi connectivity index (χ0) is 24.3. The summed E-state index contributed by atoms with van der Waals surface area (Å²) < 4.78 is 46.9. The highest BCUT2D eigenvalue weighted by Crippen LogP contribution is 2.26. The quantitative estimate of drug-likeness (QED) is 0.641. The molecule has 6 nitrogen and oxygen atoms in total. The summed E-state index contributed by atoms with van der Waals surface area (Å²) in [6.07, 6.45) is 0.749. The van der Waals surface area contributed by atoms with E-state index >= 15 is 0 Å². The first-order valence-corrected chi connectivity index (χ1v) is 10.7. The Kier molecular flexibility index (Phi) is 7.19. The van der Waals surface area contributed by atoms with E-state index in [-0.39, 0.29) is 28.9 Å². The van der Waals surface area contributed by atoms with Crippen molar-refractivity contribution in [3.8, 4) is 11.1 Å². The summed E-state index contributed by atoms with van der Waals surface area (Å²) in [5.41, 5.74) is -0.142. The third kappa shape index (κ3) is 6.40. The van der Waals surface area contributed by atoms with Crippen molar-refractivity contribution in [1.82, 2.24) is 9.80 Å². The predicted molar refractivity (Wildman–Crippen MR) is 119 cm³/mol. The molecule has 178 valence electrons. The van der Waals surface area contributed by atoms with Crippen LogP contribution in [0.2, 0.25) is 0 Å². The fourth-order valence-corrected chi connectivity index (χ4v) is 3.65. The second-order valence-electron chi connectivity index (χ2n) is 9.09. The highest BCUT2D eigenvalue weighted by atomic mass is 19.1. The molecule has 1 aliphatic heterocycles. The van der Waals surface area contributed by atoms with Gasteiger partial charge in [0.2, 0.25) is 0 Å². The zero-order valence-corrected chi connectivity index (χ0v) is 19.1. The maximum atomic E-state index is 14.6. The minimum Gasteiger partial charge on any atom is -0.444 e. The molecule has 33 heavy (non-hydrogen) atoms. The molecule has 1 N–H and O–H groups in total. The lowest BCUT2D eigenvalue weighted by molar-refractivity contribution is 0.0174. The molecule has 0 aliphatic carbocycles. The van der Waals surface area contributed by atoms with E-state index in [2.05, 4.69) is 5.32 Å². The second kappa shape index (κ2) is 9.72. The van der Waals surface area contributed by atoms with Gasteiger partial charge < -0.3 is 19.9 Å². The molecule has 1 fully saturated rings. The average Bonchev–Trinajstić information content (AvgIpc) is 2.72. The summed E-state index contributed by atoms with van der Waals surface area (Å²) in [6, 6.07) is 6.28. The number of ether oxygens (including phenoxy) is 1. The van der Waals surface area contributed by atoms with Gasteiger partial charge in [-0.3, -0.25) is 0 Å². The number of carbonyl (C=O) groups excluding carboxylic acids is 2. The van der Waals surface area contributed by atoms with Gasteiger partial charge in [-0.1, -0.05) is 6.07 Å². The molecule has 2 aromatic rings. The maximum Gasteiger partial charge on any atom is 0.410 e. The normalized spacial score (nSPS) is 14.7. The van der Waals surface area contributed by atoms with Crippen LogP contribution in [0.5, 0.6) is 0 Å². The van der Waals surface area contributed by atoms with Crippen LogP contribution in [0.1, 0.15) is 33.6 Å². The van der Waals surface area contributed by atoms with Crippen LogP contribution in [0.25, 0.3) is 11.1 Å². The summed E-state index contributed by atoms with van der Waals surface area (Å²) in [7, 11) is 1.62. The van der Waals surface area contributed by atoms with E-state index < -0.39 is 29.1 Å². The van der Waals surface area contributed by atoms with Gasteiger partial charge in [0.25, 0.3) is 0 Å². The van der Waals surface area contributed by atoms with E-state index in [9.17, 15) is 22.8 Å². The molecule has 3 amide bonds. The van der Waals surface area contributed by atoms with Gasteiger partial charge in [0, 0.05) is 32.2 Å². The Hall–Kier alpha value is -3.23. The molecule has 0 unspecified atom stereocenters. The van der Waals surface area contributed by atoms with Crippen LogP contribution in [-0.4, -0.2) is 53.7 Å². The van der Waals surface area contributed by atoms with Crippen molar-refractivity contribution >= 4 is 17.8 Å². The maximum absolute atomic E-state index is 14.6. The van der Waals surface area contributed by atoms with Crippen molar-refractivity contribution < 1.29 is 27.5 Å². The smallest absolute Gasteiger partial charge is 0.410 e. The monoisotopic (exact) mass is 463 g/mol. The minimum atomic E-state index is -0.762. The number of benzene rings is 2. The third-order valence-corrected chi connectivity index (χ3v) is 5.39. The number of carbonyl (C=O) groups is 2. The zero-order valence-electron chi connectivity index (χ0n) is 19.1. The molecule has 2 aromatic carbocycles. The van der Waals surface area contributed by atoms with Gasteiger partial charge in [0.1, 0.15) is 23.1 Å². The summed E-state index contributed by atoms with van der Waals surface area (Å²) in [5.74, 6) is -2.25. The number of nitrogens with zero attached hydrogens (tertiary/aromatic N) is 2. The lowest BCUT2D eigenvalue weighted by atomic mass is 10.0. The predicted octanol–water partition coefficient (Wildman–Crippen LogP) is 5.63. The van der Waals surface area contributed by atoms with E-state index in [0.29, 0.717) is 25.9 Å². The Labute approximate surface area is 191 Å². The molecular weight excluding hydrogens is 435 g/mol. The first kappa shape index (κ1) is 24.4.